The molecule has 1 rings (SSSR count). The third-order valence-corrected chi connectivity index (χ3v) is 4.70. The third-order valence-electron chi connectivity index (χ3n) is 3.55. The molecule has 5 nitrogen and oxygen atoms in total. The smallest absolute Gasteiger partial charge is 0.407 e. The van der Waals surface area contributed by atoms with E-state index in [1.54, 1.807) is 7.11 Å². The van der Waals surface area contributed by atoms with E-state index in [-0.39, 0.29) is 12.1 Å². The Labute approximate surface area is 150 Å². The molecule has 6 heteroatoms. The van der Waals surface area contributed by atoms with E-state index in [2.05, 4.69) is 30.5 Å². The average molecular weight is 357 g/mol. The van der Waals surface area contributed by atoms with Crippen LogP contribution in [0.15, 0.2) is 6.07 Å². The largest absolute Gasteiger partial charge is 0.444 e. The van der Waals surface area contributed by atoms with Crippen LogP contribution < -0.4 is 10.6 Å². The van der Waals surface area contributed by atoms with Crippen LogP contribution in [-0.2, 0) is 16.0 Å². The van der Waals surface area contributed by atoms with E-state index in [1.165, 1.54) is 15.3 Å². The van der Waals surface area contributed by atoms with E-state index in [4.69, 9.17) is 9.47 Å². The summed E-state index contributed by atoms with van der Waals surface area (Å²) in [5.74, 6) is 0. The van der Waals surface area contributed by atoms with Gasteiger partial charge in [-0.25, -0.2) is 4.79 Å². The summed E-state index contributed by atoms with van der Waals surface area (Å²) >= 11 is 1.84. The summed E-state index contributed by atoms with van der Waals surface area (Å²) in [4.78, 5) is 14.3. The summed E-state index contributed by atoms with van der Waals surface area (Å²) in [5, 5.41) is 6.34. The molecule has 1 heterocycles. The molecular weight excluding hydrogens is 324 g/mol. The van der Waals surface area contributed by atoms with Gasteiger partial charge in [-0.15, -0.1) is 11.3 Å². The van der Waals surface area contributed by atoms with Crippen LogP contribution in [0.5, 0.6) is 0 Å². The molecule has 0 radical (unpaired) electrons. The molecule has 1 amide bonds. The second-order valence-electron chi connectivity index (χ2n) is 7.06. The zero-order chi connectivity index (χ0) is 18.2. The van der Waals surface area contributed by atoms with Gasteiger partial charge in [0.2, 0.25) is 0 Å². The molecule has 0 spiro atoms. The van der Waals surface area contributed by atoms with Crippen molar-refractivity contribution in [1.82, 2.24) is 10.6 Å². The van der Waals surface area contributed by atoms with E-state index in [0.29, 0.717) is 13.2 Å². The van der Waals surface area contributed by atoms with E-state index in [0.717, 1.165) is 19.4 Å². The lowest BCUT2D eigenvalue weighted by Gasteiger charge is -2.20. The van der Waals surface area contributed by atoms with E-state index < -0.39 is 5.60 Å². The number of hydrogen-bond acceptors (Lipinski definition) is 5. The van der Waals surface area contributed by atoms with Crippen molar-refractivity contribution in [3.05, 3.63) is 21.4 Å². The van der Waals surface area contributed by atoms with Gasteiger partial charge in [0.25, 0.3) is 0 Å². The van der Waals surface area contributed by atoms with Gasteiger partial charge in [0, 0.05) is 36.0 Å². The third kappa shape index (κ3) is 8.66. The first kappa shape index (κ1) is 20.9. The fourth-order valence-corrected chi connectivity index (χ4v) is 3.28. The van der Waals surface area contributed by atoms with Gasteiger partial charge in [0.15, 0.2) is 0 Å². The fraction of sp³-hybridized carbons (Fsp3) is 0.722. The normalized spacial score (nSPS) is 12.9. The van der Waals surface area contributed by atoms with Gasteiger partial charge in [0.05, 0.1) is 6.61 Å². The number of ether oxygens (including phenoxy) is 2. The van der Waals surface area contributed by atoms with Crippen molar-refractivity contribution in [3.63, 3.8) is 0 Å². The molecule has 1 unspecified atom stereocenters. The first-order chi connectivity index (χ1) is 11.2. The number of amides is 1. The molecule has 0 aliphatic rings. The van der Waals surface area contributed by atoms with Crippen LogP contribution in [0.2, 0.25) is 0 Å². The highest BCUT2D eigenvalue weighted by Gasteiger charge is 2.16. The fourth-order valence-electron chi connectivity index (χ4n) is 2.28. The van der Waals surface area contributed by atoms with Gasteiger partial charge in [0.1, 0.15) is 5.60 Å². The second-order valence-corrected chi connectivity index (χ2v) is 8.40. The molecule has 2 N–H and O–H groups in total. The van der Waals surface area contributed by atoms with E-state index in [1.807, 2.05) is 32.1 Å². The van der Waals surface area contributed by atoms with Crippen molar-refractivity contribution in [1.29, 1.82) is 0 Å². The van der Waals surface area contributed by atoms with Crippen LogP contribution in [0, 0.1) is 13.8 Å². The second kappa shape index (κ2) is 10.0. The number of carbonyl (C=O) groups excluding carboxylic acids is 1. The van der Waals surface area contributed by atoms with Gasteiger partial charge in [-0.05, 0) is 59.1 Å². The molecule has 1 aromatic heterocycles. The Morgan fingerprint density at radius 3 is 2.58 bits per heavy atom. The molecule has 0 aromatic carbocycles. The van der Waals surface area contributed by atoms with E-state index in [9.17, 15) is 4.79 Å². The minimum atomic E-state index is -0.457. The lowest BCUT2D eigenvalue weighted by atomic mass is 10.1. The predicted molar refractivity (Wildman–Crippen MR) is 99.8 cm³/mol. The Morgan fingerprint density at radius 1 is 1.33 bits per heavy atom. The van der Waals surface area contributed by atoms with Gasteiger partial charge >= 0.3 is 6.09 Å². The highest BCUT2D eigenvalue weighted by atomic mass is 32.1. The number of alkyl carbamates (subject to hydrolysis) is 1. The van der Waals surface area contributed by atoms with Crippen molar-refractivity contribution in [3.8, 4) is 0 Å². The minimum Gasteiger partial charge on any atom is -0.444 e. The molecule has 24 heavy (non-hydrogen) atoms. The highest BCUT2D eigenvalue weighted by molar-refractivity contribution is 7.12. The zero-order valence-electron chi connectivity index (χ0n) is 15.8. The number of aryl methyl sites for hydroxylation is 2. The Balaban J connectivity index is 2.29. The van der Waals surface area contributed by atoms with Crippen LogP contribution in [0.25, 0.3) is 0 Å². The topological polar surface area (TPSA) is 59.6 Å². The monoisotopic (exact) mass is 356 g/mol. The molecule has 0 bridgehead atoms. The van der Waals surface area contributed by atoms with Gasteiger partial charge in [-0.3, -0.25) is 0 Å². The quantitative estimate of drug-likeness (QED) is 0.661. The van der Waals surface area contributed by atoms with Crippen LogP contribution in [0.1, 0.15) is 48.9 Å². The Morgan fingerprint density at radius 2 is 2.04 bits per heavy atom. The Bertz CT molecular complexity index is 489. The lowest BCUT2D eigenvalue weighted by molar-refractivity contribution is 0.0526. The van der Waals surface area contributed by atoms with Crippen molar-refractivity contribution < 1.29 is 14.3 Å². The zero-order valence-corrected chi connectivity index (χ0v) is 16.6. The molecule has 1 atom stereocenters. The first-order valence-corrected chi connectivity index (χ1v) is 9.28. The molecule has 0 saturated heterocycles. The first-order valence-electron chi connectivity index (χ1n) is 8.46. The number of methoxy groups -OCH3 is 1. The maximum absolute atomic E-state index is 11.6. The molecule has 0 saturated carbocycles. The standard InChI is InChI=1S/C18H32N2O3S/c1-13-10-16(24-14(13)2)11-20-15(12-22-6)8-7-9-19-17(21)23-18(3,4)5/h10,15,20H,7-9,11-12H2,1-6H3,(H,19,21). The number of nitrogens with one attached hydrogen (secondary N) is 2. The van der Waals surface area contributed by atoms with E-state index >= 15 is 0 Å². The van der Waals surface area contributed by atoms with Crippen LogP contribution >= 0.6 is 11.3 Å². The predicted octanol–water partition coefficient (Wildman–Crippen LogP) is 3.77. The maximum Gasteiger partial charge on any atom is 0.407 e. The number of hydrogen-bond donors (Lipinski definition) is 2. The Hall–Kier alpha value is -1.11. The van der Waals surface area contributed by atoms with Gasteiger partial charge in [-0.2, -0.15) is 0 Å². The van der Waals surface area contributed by atoms with Crippen molar-refractivity contribution in [2.75, 3.05) is 20.3 Å². The summed E-state index contributed by atoms with van der Waals surface area (Å²) in [6.07, 6.45) is 1.46. The van der Waals surface area contributed by atoms with Gasteiger partial charge in [-0.1, -0.05) is 0 Å². The molecule has 0 fully saturated rings. The highest BCUT2D eigenvalue weighted by Crippen LogP contribution is 2.20. The van der Waals surface area contributed by atoms with Crippen molar-refractivity contribution in [2.45, 2.75) is 65.6 Å². The summed E-state index contributed by atoms with van der Waals surface area (Å²) in [6.45, 7) is 12.0. The summed E-state index contributed by atoms with van der Waals surface area (Å²) in [5.41, 5.74) is 0.892. The van der Waals surface area contributed by atoms with Crippen molar-refractivity contribution in [2.24, 2.45) is 0 Å². The summed E-state index contributed by atoms with van der Waals surface area (Å²) in [6, 6.07) is 2.51. The molecule has 0 aliphatic carbocycles. The number of rotatable bonds is 9. The molecule has 0 aliphatic heterocycles. The maximum atomic E-state index is 11.6. The Kier molecular flexibility index (Phi) is 8.73. The average Bonchev–Trinajstić information content (AvgIpc) is 2.77. The molecule has 138 valence electrons. The number of carbonyl (C=O) groups is 1. The van der Waals surface area contributed by atoms with Crippen LogP contribution in [0.3, 0.4) is 0 Å². The summed E-state index contributed by atoms with van der Waals surface area (Å²) in [7, 11) is 1.72. The van der Waals surface area contributed by atoms with Crippen LogP contribution in [-0.4, -0.2) is 38.0 Å². The lowest BCUT2D eigenvalue weighted by Crippen LogP contribution is -2.35. The molecule has 1 aromatic rings. The summed E-state index contributed by atoms with van der Waals surface area (Å²) < 4.78 is 10.5. The molecular formula is C18H32N2O3S. The van der Waals surface area contributed by atoms with Crippen LogP contribution in [0.4, 0.5) is 4.79 Å². The van der Waals surface area contributed by atoms with Crippen molar-refractivity contribution >= 4 is 17.4 Å². The minimum absolute atomic E-state index is 0.276. The SMILES string of the molecule is COCC(CCCNC(=O)OC(C)(C)C)NCc1cc(C)c(C)s1. The van der Waals surface area contributed by atoms with Gasteiger partial charge < -0.3 is 20.1 Å². The number of thiophene rings is 1.